The lowest BCUT2D eigenvalue weighted by Gasteiger charge is -2.33. The molecule has 0 radical (unpaired) electrons. The third-order valence-electron chi connectivity index (χ3n) is 13.8. The highest BCUT2D eigenvalue weighted by atomic mass is 32.2. The van der Waals surface area contributed by atoms with Crippen LogP contribution in [0.3, 0.4) is 0 Å². The maximum absolute atomic E-state index is 13.9. The normalized spacial score (nSPS) is 11.8. The smallest absolute Gasteiger partial charge is 0.330 e. The molecule has 0 fully saturated rings. The second-order valence-electron chi connectivity index (χ2n) is 18.8. The van der Waals surface area contributed by atoms with Crippen molar-refractivity contribution in [3.8, 4) is 33.4 Å². The molecule has 10 heteroatoms. The third-order valence-corrected chi connectivity index (χ3v) is 21.8. The molecule has 0 saturated heterocycles. The fourth-order valence-corrected chi connectivity index (χ4v) is 17.9. The van der Waals surface area contributed by atoms with Crippen LogP contribution in [0.25, 0.3) is 93.9 Å². The summed E-state index contributed by atoms with van der Waals surface area (Å²) in [4.78, 5) is 29.3. The summed E-state index contributed by atoms with van der Waals surface area (Å²) in [5, 5.41) is 7.62. The quantitative estimate of drug-likeness (QED) is 0.0346. The number of carbonyl (C=O) groups is 2. The Hall–Kier alpha value is -6.63. The predicted molar refractivity (Wildman–Crippen MR) is 330 cm³/mol. The molecule has 76 heavy (non-hydrogen) atoms. The number of benzene rings is 9. The lowest BCUT2D eigenvalue weighted by Crippen LogP contribution is -2.36. The average Bonchev–Trinajstić information content (AvgIpc) is 4.22. The molecule has 12 rings (SSSR count). The third kappa shape index (κ3) is 10.2. The molecule has 0 saturated carbocycles. The molecule has 0 aliphatic heterocycles. The molecule has 4 nitrogen and oxygen atoms in total. The largest absolute Gasteiger partial charge is 0.465 e. The zero-order valence-electron chi connectivity index (χ0n) is 41.4. The average molecular weight is 1100 g/mol. The van der Waals surface area contributed by atoms with Crippen LogP contribution in [0.2, 0.25) is 0 Å². The maximum Gasteiger partial charge on any atom is 0.330 e. The van der Waals surface area contributed by atoms with E-state index in [1.54, 1.807) is 0 Å². The summed E-state index contributed by atoms with van der Waals surface area (Å²) in [5.74, 6) is 1.18. The van der Waals surface area contributed by atoms with Gasteiger partial charge in [-0.15, -0.1) is 69.3 Å². The number of thioether (sulfide) groups is 3. The Labute approximate surface area is 466 Å². The van der Waals surface area contributed by atoms with Gasteiger partial charge in [0.2, 0.25) is 0 Å². The van der Waals surface area contributed by atoms with Crippen molar-refractivity contribution in [2.24, 2.45) is 5.41 Å². The first-order valence-corrected chi connectivity index (χ1v) is 30.7. The minimum atomic E-state index is -0.560. The van der Waals surface area contributed by atoms with Crippen LogP contribution in [-0.4, -0.2) is 42.4 Å². The van der Waals surface area contributed by atoms with Gasteiger partial charge in [0, 0.05) is 127 Å². The molecule has 0 bridgehead atoms. The molecule has 0 aliphatic carbocycles. The van der Waals surface area contributed by atoms with Gasteiger partial charge in [-0.25, -0.2) is 4.79 Å². The van der Waals surface area contributed by atoms with Crippen LogP contribution in [-0.2, 0) is 19.1 Å². The van der Waals surface area contributed by atoms with E-state index in [2.05, 4.69) is 207 Å². The van der Waals surface area contributed by atoms with E-state index >= 15 is 0 Å². The molecule has 0 amide bonds. The number of fused-ring (bicyclic) bond motifs is 9. The topological polar surface area (TPSA) is 52.6 Å². The van der Waals surface area contributed by atoms with Crippen molar-refractivity contribution in [3.05, 3.63) is 213 Å². The van der Waals surface area contributed by atoms with Crippen molar-refractivity contribution >= 4 is 142 Å². The molecule has 3 heterocycles. The Morgan fingerprint density at radius 2 is 0.763 bits per heavy atom. The lowest BCUT2D eigenvalue weighted by atomic mass is 9.97. The minimum Gasteiger partial charge on any atom is -0.465 e. The number of esters is 2. The molecule has 9 aromatic carbocycles. The first kappa shape index (κ1) is 50.2. The zero-order valence-corrected chi connectivity index (χ0v) is 46.3. The second kappa shape index (κ2) is 22.5. The molecule has 0 atom stereocenters. The zero-order chi connectivity index (χ0) is 51.4. The summed E-state index contributed by atoms with van der Waals surface area (Å²) in [5.41, 5.74) is 6.65. The van der Waals surface area contributed by atoms with Crippen molar-refractivity contribution in [1.82, 2.24) is 0 Å². The van der Waals surface area contributed by atoms with E-state index in [1.165, 1.54) is 109 Å². The van der Waals surface area contributed by atoms with Crippen LogP contribution >= 0.6 is 69.3 Å². The molecular weight excluding hydrogens is 1050 g/mol. The van der Waals surface area contributed by atoms with Crippen LogP contribution in [0, 0.1) is 5.41 Å². The highest BCUT2D eigenvalue weighted by molar-refractivity contribution is 8.01. The lowest BCUT2D eigenvalue weighted by molar-refractivity contribution is -0.147. The first-order chi connectivity index (χ1) is 37.4. The van der Waals surface area contributed by atoms with Crippen LogP contribution < -0.4 is 0 Å². The number of hydrogen-bond acceptors (Lipinski definition) is 10. The highest BCUT2D eigenvalue weighted by Crippen LogP contribution is 2.49. The van der Waals surface area contributed by atoms with Crippen molar-refractivity contribution in [3.63, 3.8) is 0 Å². The van der Waals surface area contributed by atoms with Gasteiger partial charge in [-0.2, -0.15) is 0 Å². The van der Waals surface area contributed by atoms with E-state index in [0.29, 0.717) is 23.7 Å². The van der Waals surface area contributed by atoms with Gasteiger partial charge in [0.05, 0.1) is 13.2 Å². The van der Waals surface area contributed by atoms with Crippen LogP contribution in [0.15, 0.2) is 228 Å². The van der Waals surface area contributed by atoms with Gasteiger partial charge in [0.25, 0.3) is 0 Å². The molecule has 3 aromatic heterocycles. The Morgan fingerprint density at radius 1 is 0.421 bits per heavy atom. The standard InChI is InChI=1S/C66H50O4S6/c1-2-61(67)69-38-18-37-62(68)70-39-66(40-71-55-31-9-3-19-43(55)49-25-15-28-52-46-22-6-12-34-58(46)74-63(49)52,41-72-56-32-10-4-20-44(56)50-26-16-29-53-47-23-7-13-35-59(47)75-64(50)53)42-73-57-33-11-5-21-45(57)51-27-17-30-54-48-24-8-14-36-60(48)76-65(51)54/h2-17,19-36H,1,18,37-42H2. The van der Waals surface area contributed by atoms with Gasteiger partial charge in [0.15, 0.2) is 0 Å². The number of thiophene rings is 3. The van der Waals surface area contributed by atoms with Crippen molar-refractivity contribution in [1.29, 1.82) is 0 Å². The van der Waals surface area contributed by atoms with Gasteiger partial charge in [0.1, 0.15) is 0 Å². The molecule has 0 N–H and O–H groups in total. The number of hydrogen-bond donors (Lipinski definition) is 0. The van der Waals surface area contributed by atoms with Crippen molar-refractivity contribution < 1.29 is 19.1 Å². The Kier molecular flexibility index (Phi) is 14.9. The Morgan fingerprint density at radius 3 is 1.16 bits per heavy atom. The van der Waals surface area contributed by atoms with Crippen LogP contribution in [0.1, 0.15) is 12.8 Å². The van der Waals surface area contributed by atoms with E-state index < -0.39 is 11.4 Å². The maximum atomic E-state index is 13.9. The minimum absolute atomic E-state index is 0.114. The number of rotatable bonds is 19. The van der Waals surface area contributed by atoms with E-state index in [0.717, 1.165) is 6.08 Å². The Balaban J connectivity index is 0.941. The van der Waals surface area contributed by atoms with Crippen LogP contribution in [0.4, 0.5) is 0 Å². The fraction of sp³-hybridized carbons (Fsp3) is 0.121. The molecule has 374 valence electrons. The summed E-state index contributed by atoms with van der Waals surface area (Å²) in [7, 11) is 0. The number of carbonyl (C=O) groups excluding carboxylic acids is 2. The van der Waals surface area contributed by atoms with Gasteiger partial charge >= 0.3 is 11.9 Å². The highest BCUT2D eigenvalue weighted by Gasteiger charge is 2.35. The van der Waals surface area contributed by atoms with Crippen LogP contribution in [0.5, 0.6) is 0 Å². The summed E-state index contributed by atoms with van der Waals surface area (Å²) in [6.45, 7) is 3.82. The Bertz CT molecular complexity index is 3740. The van der Waals surface area contributed by atoms with Gasteiger partial charge in [-0.05, 0) is 59.5 Å². The van der Waals surface area contributed by atoms with E-state index in [4.69, 9.17) is 9.47 Å². The van der Waals surface area contributed by atoms with Crippen molar-refractivity contribution in [2.75, 3.05) is 30.5 Å². The van der Waals surface area contributed by atoms with E-state index in [-0.39, 0.29) is 25.6 Å². The summed E-state index contributed by atoms with van der Waals surface area (Å²) in [6, 6.07) is 72.4. The monoisotopic (exact) mass is 1100 g/mol. The van der Waals surface area contributed by atoms with E-state index in [9.17, 15) is 9.59 Å². The van der Waals surface area contributed by atoms with Gasteiger partial charge in [-0.3, -0.25) is 4.79 Å². The summed E-state index contributed by atoms with van der Waals surface area (Å²) < 4.78 is 19.4. The molecule has 12 aromatic rings. The molecule has 0 aliphatic rings. The van der Waals surface area contributed by atoms with Crippen molar-refractivity contribution in [2.45, 2.75) is 27.5 Å². The second-order valence-corrected chi connectivity index (χ2v) is 25.0. The molecule has 0 spiro atoms. The summed E-state index contributed by atoms with van der Waals surface area (Å²) in [6.07, 6.45) is 1.62. The van der Waals surface area contributed by atoms with E-state index in [1.807, 2.05) is 69.3 Å². The SMILES string of the molecule is C=CC(=O)OCCCC(=O)OCC(CSc1ccccc1-c1cccc2c1sc1ccccc12)(CSc1ccccc1-c1cccc2c1sc1ccccc12)CSc1ccccc1-c1cccc2c1sc1ccccc12. The first-order valence-electron chi connectivity index (χ1n) is 25.3. The predicted octanol–water partition coefficient (Wildman–Crippen LogP) is 19.5. The molecular formula is C66H50O4S6. The van der Waals surface area contributed by atoms with Gasteiger partial charge < -0.3 is 9.47 Å². The molecule has 0 unspecified atom stereocenters. The number of ether oxygens (including phenoxy) is 2. The fourth-order valence-electron chi connectivity index (χ4n) is 10.0. The summed E-state index contributed by atoms with van der Waals surface area (Å²) >= 11 is 11.1. The van der Waals surface area contributed by atoms with Gasteiger partial charge in [-0.1, -0.05) is 170 Å².